The summed E-state index contributed by atoms with van der Waals surface area (Å²) in [6, 6.07) is 5.97. The van der Waals surface area contributed by atoms with Gasteiger partial charge in [-0.05, 0) is 50.6 Å². The van der Waals surface area contributed by atoms with Gasteiger partial charge in [0.05, 0.1) is 0 Å². The maximum absolute atomic E-state index is 12.5. The summed E-state index contributed by atoms with van der Waals surface area (Å²) in [6.45, 7) is -0.609. The van der Waals surface area contributed by atoms with Gasteiger partial charge in [0, 0.05) is 18.7 Å². The zero-order valence-corrected chi connectivity index (χ0v) is 13.2. The Morgan fingerprint density at radius 2 is 2.27 bits per heavy atom. The van der Waals surface area contributed by atoms with E-state index in [0.29, 0.717) is 24.6 Å². The maximum atomic E-state index is 12.5. The van der Waals surface area contributed by atoms with Gasteiger partial charge in [-0.2, -0.15) is 8.78 Å². The van der Waals surface area contributed by atoms with E-state index in [-0.39, 0.29) is 24.1 Å². The summed E-state index contributed by atoms with van der Waals surface area (Å²) < 4.78 is 28.8. The van der Waals surface area contributed by atoms with Gasteiger partial charge in [0.2, 0.25) is 0 Å². The van der Waals surface area contributed by atoms with Crippen LogP contribution in [0.15, 0.2) is 24.3 Å². The monoisotopic (exact) mass is 334 g/mol. The summed E-state index contributed by atoms with van der Waals surface area (Å²) in [5.41, 5.74) is 0.387. The second-order valence-electron chi connectivity index (χ2n) is 5.22. The van der Waals surface area contributed by atoms with Crippen LogP contribution in [0.5, 0.6) is 5.75 Å². The standard InChI is InChI=1S/C15H20F2N2O2.ClH/c1-18-9-11-4-3-7-19(10-11)14(20)12-5-2-6-13(8-12)21-15(16)17;/h2,5-6,8,11,15,18H,3-4,7,9-10H2,1H3;1H. The average Bonchev–Trinajstić information content (AvgIpc) is 2.47. The van der Waals surface area contributed by atoms with Crippen molar-refractivity contribution in [3.8, 4) is 5.75 Å². The fourth-order valence-corrected chi connectivity index (χ4v) is 2.69. The summed E-state index contributed by atoms with van der Waals surface area (Å²) in [6.07, 6.45) is 2.06. The molecule has 22 heavy (non-hydrogen) atoms. The number of nitrogens with one attached hydrogen (secondary N) is 1. The molecule has 1 fully saturated rings. The highest BCUT2D eigenvalue weighted by Crippen LogP contribution is 2.21. The SMILES string of the molecule is CNCC1CCCN(C(=O)c2cccc(OC(F)F)c2)C1.Cl. The molecule has 0 spiro atoms. The van der Waals surface area contributed by atoms with Gasteiger partial charge in [-0.15, -0.1) is 12.4 Å². The van der Waals surface area contributed by atoms with Crippen molar-refractivity contribution in [2.24, 2.45) is 5.92 Å². The molecule has 1 aliphatic rings. The van der Waals surface area contributed by atoms with Crippen molar-refractivity contribution in [1.82, 2.24) is 10.2 Å². The fraction of sp³-hybridized carbons (Fsp3) is 0.533. The Labute approximate surface area is 135 Å². The molecule has 1 aromatic rings. The third-order valence-electron chi connectivity index (χ3n) is 3.61. The van der Waals surface area contributed by atoms with Crippen LogP contribution in [-0.2, 0) is 0 Å². The minimum absolute atomic E-state index is 0. The lowest BCUT2D eigenvalue weighted by molar-refractivity contribution is -0.0499. The Hall–Kier alpha value is -1.40. The van der Waals surface area contributed by atoms with Gasteiger partial charge in [-0.25, -0.2) is 0 Å². The molecule has 1 heterocycles. The molecular formula is C15H21ClF2N2O2. The molecular weight excluding hydrogens is 314 g/mol. The van der Waals surface area contributed by atoms with Gasteiger partial charge in [0.25, 0.3) is 5.91 Å². The van der Waals surface area contributed by atoms with Gasteiger partial charge in [0.1, 0.15) is 5.75 Å². The molecule has 0 saturated carbocycles. The number of nitrogens with zero attached hydrogens (tertiary/aromatic N) is 1. The predicted molar refractivity (Wildman–Crippen MR) is 82.9 cm³/mol. The zero-order chi connectivity index (χ0) is 15.2. The highest BCUT2D eigenvalue weighted by Gasteiger charge is 2.24. The molecule has 2 rings (SSSR count). The molecule has 1 unspecified atom stereocenters. The molecule has 1 aromatic carbocycles. The summed E-state index contributed by atoms with van der Waals surface area (Å²) in [5, 5.41) is 3.13. The van der Waals surface area contributed by atoms with Crippen LogP contribution in [-0.4, -0.2) is 44.1 Å². The molecule has 0 radical (unpaired) electrons. The molecule has 1 atom stereocenters. The van der Waals surface area contributed by atoms with Crippen molar-refractivity contribution in [2.75, 3.05) is 26.7 Å². The minimum Gasteiger partial charge on any atom is -0.435 e. The Balaban J connectivity index is 0.00000242. The third-order valence-corrected chi connectivity index (χ3v) is 3.61. The molecule has 1 saturated heterocycles. The number of halogens is 3. The second-order valence-corrected chi connectivity index (χ2v) is 5.22. The quantitative estimate of drug-likeness (QED) is 0.900. The van der Waals surface area contributed by atoms with E-state index in [2.05, 4.69) is 10.1 Å². The largest absolute Gasteiger partial charge is 0.435 e. The van der Waals surface area contributed by atoms with E-state index < -0.39 is 6.61 Å². The first-order valence-electron chi connectivity index (χ1n) is 7.09. The van der Waals surface area contributed by atoms with Crippen LogP contribution >= 0.6 is 12.4 Å². The van der Waals surface area contributed by atoms with Crippen LogP contribution < -0.4 is 10.1 Å². The van der Waals surface area contributed by atoms with E-state index in [1.807, 2.05) is 7.05 Å². The maximum Gasteiger partial charge on any atom is 0.387 e. The molecule has 7 heteroatoms. The van der Waals surface area contributed by atoms with E-state index in [4.69, 9.17) is 0 Å². The van der Waals surface area contributed by atoms with E-state index in [9.17, 15) is 13.6 Å². The average molecular weight is 335 g/mol. The number of likely N-dealkylation sites (tertiary alicyclic amines) is 1. The van der Waals surface area contributed by atoms with Gasteiger partial charge in [-0.1, -0.05) is 6.07 Å². The Morgan fingerprint density at radius 1 is 1.50 bits per heavy atom. The van der Waals surface area contributed by atoms with Crippen molar-refractivity contribution in [3.63, 3.8) is 0 Å². The van der Waals surface area contributed by atoms with Gasteiger partial charge in [-0.3, -0.25) is 4.79 Å². The number of alkyl halides is 2. The number of ether oxygens (including phenoxy) is 1. The lowest BCUT2D eigenvalue weighted by Gasteiger charge is -2.32. The lowest BCUT2D eigenvalue weighted by Crippen LogP contribution is -2.42. The van der Waals surface area contributed by atoms with Crippen LogP contribution in [0, 0.1) is 5.92 Å². The second kappa shape index (κ2) is 8.90. The van der Waals surface area contributed by atoms with Gasteiger partial charge in [0.15, 0.2) is 0 Å². The van der Waals surface area contributed by atoms with Crippen molar-refractivity contribution >= 4 is 18.3 Å². The summed E-state index contributed by atoms with van der Waals surface area (Å²) in [5.74, 6) is 0.323. The Bertz CT molecular complexity index is 486. The summed E-state index contributed by atoms with van der Waals surface area (Å²) in [7, 11) is 1.89. The van der Waals surface area contributed by atoms with Crippen LogP contribution in [0.1, 0.15) is 23.2 Å². The fourth-order valence-electron chi connectivity index (χ4n) is 2.69. The van der Waals surface area contributed by atoms with Gasteiger partial charge < -0.3 is 15.0 Å². The number of rotatable bonds is 5. The first-order chi connectivity index (χ1) is 10.1. The predicted octanol–water partition coefficient (Wildman–Crippen LogP) is 2.78. The first kappa shape index (κ1) is 18.6. The molecule has 124 valence electrons. The molecule has 0 aromatic heterocycles. The third kappa shape index (κ3) is 5.10. The number of hydrogen-bond acceptors (Lipinski definition) is 3. The summed E-state index contributed by atoms with van der Waals surface area (Å²) in [4.78, 5) is 14.2. The normalized spacial score (nSPS) is 18.0. The van der Waals surface area contributed by atoms with Crippen LogP contribution in [0.25, 0.3) is 0 Å². The van der Waals surface area contributed by atoms with Crippen molar-refractivity contribution < 1.29 is 18.3 Å². The number of amides is 1. The number of benzene rings is 1. The molecule has 0 aliphatic carbocycles. The number of hydrogen-bond donors (Lipinski definition) is 1. The van der Waals surface area contributed by atoms with E-state index in [1.165, 1.54) is 12.1 Å². The van der Waals surface area contributed by atoms with E-state index >= 15 is 0 Å². The van der Waals surface area contributed by atoms with Crippen molar-refractivity contribution in [3.05, 3.63) is 29.8 Å². The number of piperidine rings is 1. The molecule has 0 bridgehead atoms. The number of carbonyl (C=O) groups excluding carboxylic acids is 1. The Kier molecular flexibility index (Phi) is 7.55. The van der Waals surface area contributed by atoms with Crippen molar-refractivity contribution in [2.45, 2.75) is 19.5 Å². The number of carbonyl (C=O) groups is 1. The highest BCUT2D eigenvalue weighted by molar-refractivity contribution is 5.94. The molecule has 1 N–H and O–H groups in total. The lowest BCUT2D eigenvalue weighted by atomic mass is 9.97. The van der Waals surface area contributed by atoms with Gasteiger partial charge >= 0.3 is 6.61 Å². The van der Waals surface area contributed by atoms with E-state index in [0.717, 1.165) is 19.4 Å². The summed E-state index contributed by atoms with van der Waals surface area (Å²) >= 11 is 0. The smallest absolute Gasteiger partial charge is 0.387 e. The van der Waals surface area contributed by atoms with Crippen LogP contribution in [0.3, 0.4) is 0 Å². The first-order valence-corrected chi connectivity index (χ1v) is 7.09. The minimum atomic E-state index is -2.88. The van der Waals surface area contributed by atoms with Crippen molar-refractivity contribution in [1.29, 1.82) is 0 Å². The Morgan fingerprint density at radius 3 is 2.95 bits per heavy atom. The molecule has 1 aliphatic heterocycles. The van der Waals surface area contributed by atoms with Crippen LogP contribution in [0.2, 0.25) is 0 Å². The topological polar surface area (TPSA) is 41.6 Å². The highest BCUT2D eigenvalue weighted by atomic mass is 35.5. The van der Waals surface area contributed by atoms with E-state index in [1.54, 1.807) is 17.0 Å². The molecule has 1 amide bonds. The van der Waals surface area contributed by atoms with Crippen LogP contribution in [0.4, 0.5) is 8.78 Å². The molecule has 4 nitrogen and oxygen atoms in total. The zero-order valence-electron chi connectivity index (χ0n) is 12.4.